The molecule has 278 valence electrons. The first-order chi connectivity index (χ1) is 24.2. The summed E-state index contributed by atoms with van der Waals surface area (Å²) in [5, 5.41) is -1.38. The highest BCUT2D eigenvalue weighted by molar-refractivity contribution is 6.37. The third-order valence-corrected chi connectivity index (χ3v) is 9.60. The average Bonchev–Trinajstić information content (AvgIpc) is 3.24. The minimum absolute atomic E-state index is 0.0356. The fourth-order valence-electron chi connectivity index (χ4n) is 6.77. The maximum absolute atomic E-state index is 15.8. The molecule has 1 saturated heterocycles. The Hall–Kier alpha value is -4.50. The fraction of sp³-hybridized carbons (Fsp3) is 0.429. The Kier molecular flexibility index (Phi) is 9.44. The molecule has 5 heterocycles. The van der Waals surface area contributed by atoms with Crippen molar-refractivity contribution in [1.29, 1.82) is 0 Å². The number of hydrogen-bond acceptors (Lipinski definition) is 8. The van der Waals surface area contributed by atoms with E-state index in [1.807, 2.05) is 0 Å². The van der Waals surface area contributed by atoms with Gasteiger partial charge in [0.05, 0.1) is 45.5 Å². The van der Waals surface area contributed by atoms with E-state index in [-0.39, 0.29) is 65.7 Å². The van der Waals surface area contributed by atoms with Crippen molar-refractivity contribution < 1.29 is 31.8 Å². The number of ether oxygens (including phenoxy) is 2. The zero-order chi connectivity index (χ0) is 38.2. The lowest BCUT2D eigenvalue weighted by atomic mass is 10.0. The van der Waals surface area contributed by atoms with Crippen molar-refractivity contribution in [3.63, 3.8) is 0 Å². The lowest BCUT2D eigenvalue weighted by Crippen LogP contribution is -2.55. The summed E-state index contributed by atoms with van der Waals surface area (Å²) in [6.07, 6.45) is -4.07. The van der Waals surface area contributed by atoms with E-state index in [0.29, 0.717) is 17.3 Å². The highest BCUT2D eigenvalue weighted by Gasteiger charge is 2.42. The summed E-state index contributed by atoms with van der Waals surface area (Å²) in [7, 11) is 0. The summed E-state index contributed by atoms with van der Waals surface area (Å²) in [5.74, 6) is -2.04. The third kappa shape index (κ3) is 6.31. The van der Waals surface area contributed by atoms with Gasteiger partial charge in [0.1, 0.15) is 22.5 Å². The minimum atomic E-state index is -5.28. The lowest BCUT2D eigenvalue weighted by Gasteiger charge is -2.42. The maximum atomic E-state index is 15.8. The molecule has 2 N–H and O–H groups in total. The Morgan fingerprint density at radius 2 is 1.73 bits per heavy atom. The number of pyridine rings is 3. The van der Waals surface area contributed by atoms with E-state index in [1.165, 1.54) is 11.1 Å². The van der Waals surface area contributed by atoms with Crippen LogP contribution in [0.2, 0.25) is 10.0 Å². The number of carbonyl (C=O) groups is 1. The molecule has 0 spiro atoms. The van der Waals surface area contributed by atoms with Gasteiger partial charge >= 0.3 is 12.3 Å². The monoisotopic (exact) mass is 766 g/mol. The molecule has 6 rings (SSSR count). The van der Waals surface area contributed by atoms with E-state index < -0.39 is 73.5 Å². The van der Waals surface area contributed by atoms with Gasteiger partial charge in [0, 0.05) is 37.6 Å². The summed E-state index contributed by atoms with van der Waals surface area (Å²) < 4.78 is 74.1. The second kappa shape index (κ2) is 13.2. The molecule has 2 aliphatic heterocycles. The first kappa shape index (κ1) is 37.3. The smallest absolute Gasteiger partial charge is 0.431 e. The highest BCUT2D eigenvalue weighted by Crippen LogP contribution is 2.43. The topological polar surface area (TPSA) is 125 Å². The summed E-state index contributed by atoms with van der Waals surface area (Å²) >= 11 is 12.2. The standard InChI is InChI=1S/C35H36Cl2F4N6O5/c1-16(2)25-26(17(3)7-9-43-25)47-28-19(13-22(35(39,40)41)46(31(28)48)29-23(38)20(36)14-21(37)24(29)42)27-30(32(47)49)51-12-8-18-15-44(10-11-45(18)27)33(50)52-34(4,5)6/h7,9,13-14,16,18H,8,10-12,15,42H2,1-6H3. The molecule has 3 aromatic heterocycles. The van der Waals surface area contributed by atoms with Crippen LogP contribution >= 0.6 is 23.2 Å². The van der Waals surface area contributed by atoms with Gasteiger partial charge in [0.2, 0.25) is 5.75 Å². The number of hydrogen-bond donors (Lipinski definition) is 1. The molecular weight excluding hydrogens is 731 g/mol. The molecule has 1 unspecified atom stereocenters. The quantitative estimate of drug-likeness (QED) is 0.132. The first-order valence-electron chi connectivity index (χ1n) is 16.5. The molecule has 2 aliphatic rings. The molecule has 0 radical (unpaired) electrons. The number of benzene rings is 1. The molecule has 4 aromatic rings. The Morgan fingerprint density at radius 1 is 1.04 bits per heavy atom. The number of fused-ring (bicyclic) bond motifs is 5. The second-order valence-electron chi connectivity index (χ2n) is 14.1. The summed E-state index contributed by atoms with van der Waals surface area (Å²) in [4.78, 5) is 50.4. The van der Waals surface area contributed by atoms with Crippen LogP contribution in [-0.2, 0) is 10.9 Å². The number of rotatable bonds is 3. The van der Waals surface area contributed by atoms with Crippen molar-refractivity contribution in [1.82, 2.24) is 19.0 Å². The number of alkyl halides is 3. The summed E-state index contributed by atoms with van der Waals surface area (Å²) in [5.41, 5.74) is 0.0793. The number of amides is 1. The molecule has 1 aromatic carbocycles. The molecule has 17 heteroatoms. The maximum Gasteiger partial charge on any atom is 0.431 e. The molecule has 52 heavy (non-hydrogen) atoms. The van der Waals surface area contributed by atoms with Gasteiger partial charge in [-0.15, -0.1) is 0 Å². The predicted octanol–water partition coefficient (Wildman–Crippen LogP) is 7.22. The predicted molar refractivity (Wildman–Crippen MR) is 190 cm³/mol. The van der Waals surface area contributed by atoms with Crippen molar-refractivity contribution in [3.05, 3.63) is 77.9 Å². The second-order valence-corrected chi connectivity index (χ2v) is 14.9. The van der Waals surface area contributed by atoms with Gasteiger partial charge in [-0.1, -0.05) is 37.0 Å². The minimum Gasteiger partial charge on any atom is -0.486 e. The van der Waals surface area contributed by atoms with Gasteiger partial charge in [-0.2, -0.15) is 13.2 Å². The normalized spacial score (nSPS) is 16.4. The number of nitrogen functional groups attached to an aromatic ring is 1. The summed E-state index contributed by atoms with van der Waals surface area (Å²) in [6, 6.07) is 2.62. The Labute approximate surface area is 305 Å². The van der Waals surface area contributed by atoms with Gasteiger partial charge in [0.15, 0.2) is 5.82 Å². The van der Waals surface area contributed by atoms with Crippen molar-refractivity contribution in [2.75, 3.05) is 36.9 Å². The van der Waals surface area contributed by atoms with Crippen LogP contribution in [-0.4, -0.2) is 63.0 Å². The number of nitrogens with zero attached hydrogens (tertiary/aromatic N) is 5. The van der Waals surface area contributed by atoms with Gasteiger partial charge in [-0.05, 0) is 57.4 Å². The van der Waals surface area contributed by atoms with E-state index >= 15 is 17.6 Å². The van der Waals surface area contributed by atoms with Crippen LogP contribution in [0.5, 0.6) is 5.75 Å². The van der Waals surface area contributed by atoms with Crippen molar-refractivity contribution in [2.24, 2.45) is 0 Å². The number of halogens is 6. The molecule has 11 nitrogen and oxygen atoms in total. The average molecular weight is 768 g/mol. The van der Waals surface area contributed by atoms with Gasteiger partial charge in [0.25, 0.3) is 11.1 Å². The zero-order valence-corrected chi connectivity index (χ0v) is 30.6. The zero-order valence-electron chi connectivity index (χ0n) is 29.1. The number of aryl methyl sites for hydroxylation is 1. The highest BCUT2D eigenvalue weighted by atomic mass is 35.5. The molecule has 1 atom stereocenters. The van der Waals surface area contributed by atoms with Gasteiger partial charge in [-0.25, -0.2) is 9.18 Å². The van der Waals surface area contributed by atoms with Crippen molar-refractivity contribution in [3.8, 4) is 17.1 Å². The van der Waals surface area contributed by atoms with Crippen LogP contribution in [0.1, 0.15) is 63.9 Å². The Bertz CT molecular complexity index is 2220. The molecule has 0 aliphatic carbocycles. The fourth-order valence-corrected chi connectivity index (χ4v) is 7.22. The molecule has 1 amide bonds. The SMILES string of the molecule is Cc1ccnc(C(C)C)c1-n1c(=O)c2c(c3cc(C(F)(F)F)n(-c4c(N)c(Cl)cc(Cl)c4F)c(=O)c31)N1CCN(C(=O)OC(C)(C)C)CC1CCO2. The molecule has 0 saturated carbocycles. The first-order valence-corrected chi connectivity index (χ1v) is 17.2. The lowest BCUT2D eigenvalue weighted by molar-refractivity contribution is -0.142. The van der Waals surface area contributed by atoms with E-state index in [2.05, 4.69) is 4.98 Å². The van der Waals surface area contributed by atoms with Crippen LogP contribution in [0.3, 0.4) is 0 Å². The van der Waals surface area contributed by atoms with E-state index in [1.54, 1.807) is 52.5 Å². The molecule has 1 fully saturated rings. The largest absolute Gasteiger partial charge is 0.486 e. The van der Waals surface area contributed by atoms with Crippen LogP contribution in [0.25, 0.3) is 22.3 Å². The van der Waals surface area contributed by atoms with Gasteiger partial charge < -0.3 is 25.0 Å². The number of aromatic nitrogens is 3. The van der Waals surface area contributed by atoms with E-state index in [0.717, 1.165) is 10.6 Å². The van der Waals surface area contributed by atoms with Crippen LogP contribution in [0.15, 0.2) is 34.0 Å². The number of carbonyl (C=O) groups excluding carboxylic acids is 1. The number of anilines is 2. The number of piperazine rings is 1. The van der Waals surface area contributed by atoms with Crippen LogP contribution < -0.4 is 26.5 Å². The van der Waals surface area contributed by atoms with Crippen LogP contribution in [0, 0.1) is 12.7 Å². The Balaban J connectivity index is 1.77. The number of nitrogens with two attached hydrogens (primary N) is 1. The van der Waals surface area contributed by atoms with E-state index in [4.69, 9.17) is 38.4 Å². The third-order valence-electron chi connectivity index (χ3n) is 9.02. The molecular formula is C35H36Cl2F4N6O5. The summed E-state index contributed by atoms with van der Waals surface area (Å²) in [6.45, 7) is 10.6. The molecule has 0 bridgehead atoms. The van der Waals surface area contributed by atoms with Crippen LogP contribution in [0.4, 0.5) is 33.7 Å². The Morgan fingerprint density at radius 3 is 2.37 bits per heavy atom. The van der Waals surface area contributed by atoms with E-state index in [9.17, 15) is 14.4 Å². The van der Waals surface area contributed by atoms with Crippen molar-refractivity contribution in [2.45, 2.75) is 71.7 Å². The van der Waals surface area contributed by atoms with Crippen molar-refractivity contribution >= 4 is 51.6 Å². The van der Waals surface area contributed by atoms with Gasteiger partial charge in [-0.3, -0.25) is 23.7 Å².